The Morgan fingerprint density at radius 2 is 1.94 bits per heavy atom. The fourth-order valence-corrected chi connectivity index (χ4v) is 5.18. The molecule has 11 heteroatoms. The van der Waals surface area contributed by atoms with E-state index < -0.39 is 21.7 Å². The number of aromatic nitrogens is 1. The lowest BCUT2D eigenvalue weighted by molar-refractivity contribution is -0.130. The van der Waals surface area contributed by atoms with Crippen LogP contribution >= 0.6 is 11.6 Å². The third-order valence-corrected chi connectivity index (χ3v) is 7.41. The number of anilines is 2. The van der Waals surface area contributed by atoms with Gasteiger partial charge in [0.25, 0.3) is 0 Å². The molecular formula is C22H23ClFN5O3S. The van der Waals surface area contributed by atoms with Crippen molar-refractivity contribution in [3.8, 4) is 6.07 Å². The first-order valence-electron chi connectivity index (χ1n) is 10.5. The van der Waals surface area contributed by atoms with Gasteiger partial charge in [-0.2, -0.15) is 5.26 Å². The molecule has 2 saturated heterocycles. The van der Waals surface area contributed by atoms with Crippen molar-refractivity contribution in [1.29, 1.82) is 5.26 Å². The predicted octanol–water partition coefficient (Wildman–Crippen LogP) is 2.83. The molecular weight excluding hydrogens is 469 g/mol. The number of carbonyl (C=O) groups excluding carboxylic acids is 1. The van der Waals surface area contributed by atoms with Crippen LogP contribution < -0.4 is 10.2 Å². The van der Waals surface area contributed by atoms with Gasteiger partial charge >= 0.3 is 0 Å². The van der Waals surface area contributed by atoms with Crippen LogP contribution in [0, 0.1) is 17.1 Å². The second-order valence-electron chi connectivity index (χ2n) is 8.29. The summed E-state index contributed by atoms with van der Waals surface area (Å²) in [5.41, 5.74) is 0.529. The number of halogens is 2. The highest BCUT2D eigenvalue weighted by molar-refractivity contribution is 7.90. The Labute approximate surface area is 196 Å². The molecule has 0 aliphatic carbocycles. The van der Waals surface area contributed by atoms with Crippen LogP contribution in [0.5, 0.6) is 0 Å². The standard InChI is InChI=1S/C22H23ClFN5O3S/c1-33(31,32)17-2-3-19(18(24)11-17)27-20-6-9-29(22(20)30)16-4-7-28(8-5-16)21-14(12-25)10-15(23)13-26-21/h2-3,10-11,13,16,20,27H,4-9H2,1H3. The first-order valence-corrected chi connectivity index (χ1v) is 12.8. The average Bonchev–Trinajstić information content (AvgIpc) is 3.14. The molecule has 2 aliphatic heterocycles. The van der Waals surface area contributed by atoms with E-state index in [1.807, 2.05) is 9.80 Å². The maximum atomic E-state index is 14.4. The molecule has 33 heavy (non-hydrogen) atoms. The van der Waals surface area contributed by atoms with Crippen LogP contribution in [0.4, 0.5) is 15.9 Å². The monoisotopic (exact) mass is 491 g/mol. The summed E-state index contributed by atoms with van der Waals surface area (Å²) in [6, 6.07) is 6.85. The van der Waals surface area contributed by atoms with Gasteiger partial charge in [0.2, 0.25) is 5.91 Å². The highest BCUT2D eigenvalue weighted by atomic mass is 35.5. The fourth-order valence-electron chi connectivity index (χ4n) is 4.39. The Morgan fingerprint density at radius 3 is 2.58 bits per heavy atom. The van der Waals surface area contributed by atoms with Crippen molar-refractivity contribution in [2.75, 3.05) is 36.1 Å². The number of nitrogens with zero attached hydrogens (tertiary/aromatic N) is 4. The Hall–Kier alpha value is -2.90. The molecule has 1 unspecified atom stereocenters. The number of piperidine rings is 1. The smallest absolute Gasteiger partial charge is 0.245 e. The molecule has 8 nitrogen and oxygen atoms in total. The van der Waals surface area contributed by atoms with E-state index in [0.29, 0.717) is 42.5 Å². The Balaban J connectivity index is 1.38. The van der Waals surface area contributed by atoms with Gasteiger partial charge in [0, 0.05) is 38.1 Å². The summed E-state index contributed by atoms with van der Waals surface area (Å²) in [6.45, 7) is 1.86. The molecule has 0 radical (unpaired) electrons. The normalized spacial score (nSPS) is 19.6. The Morgan fingerprint density at radius 1 is 1.21 bits per heavy atom. The van der Waals surface area contributed by atoms with Gasteiger partial charge in [-0.3, -0.25) is 4.79 Å². The third kappa shape index (κ3) is 4.89. The minimum atomic E-state index is -3.51. The number of nitrogens with one attached hydrogen (secondary N) is 1. The number of amides is 1. The first-order chi connectivity index (χ1) is 15.7. The number of likely N-dealkylation sites (tertiary alicyclic amines) is 1. The highest BCUT2D eigenvalue weighted by Crippen LogP contribution is 2.29. The van der Waals surface area contributed by atoms with Gasteiger partial charge in [0.1, 0.15) is 23.7 Å². The molecule has 2 aromatic rings. The molecule has 1 amide bonds. The summed E-state index contributed by atoms with van der Waals surface area (Å²) in [7, 11) is -3.51. The van der Waals surface area contributed by atoms with Gasteiger partial charge in [0.15, 0.2) is 9.84 Å². The van der Waals surface area contributed by atoms with Crippen LogP contribution in [0.3, 0.4) is 0 Å². The zero-order valence-corrected chi connectivity index (χ0v) is 19.5. The molecule has 1 N–H and O–H groups in total. The van der Waals surface area contributed by atoms with E-state index in [9.17, 15) is 22.9 Å². The summed E-state index contributed by atoms with van der Waals surface area (Å²) in [5.74, 6) is -0.204. The molecule has 0 saturated carbocycles. The van der Waals surface area contributed by atoms with Crippen molar-refractivity contribution >= 4 is 38.9 Å². The number of hydrogen-bond donors (Lipinski definition) is 1. The van der Waals surface area contributed by atoms with E-state index in [0.717, 1.165) is 25.2 Å². The summed E-state index contributed by atoms with van der Waals surface area (Å²) < 4.78 is 37.6. The van der Waals surface area contributed by atoms with Crippen LogP contribution in [0.25, 0.3) is 0 Å². The molecule has 1 atom stereocenters. The van der Waals surface area contributed by atoms with Gasteiger partial charge in [-0.1, -0.05) is 11.6 Å². The van der Waals surface area contributed by atoms with Gasteiger partial charge in [0.05, 0.1) is 21.2 Å². The quantitative estimate of drug-likeness (QED) is 0.685. The van der Waals surface area contributed by atoms with E-state index >= 15 is 0 Å². The number of benzene rings is 1. The van der Waals surface area contributed by atoms with Crippen LogP contribution in [-0.2, 0) is 14.6 Å². The number of hydrogen-bond acceptors (Lipinski definition) is 7. The first kappa shape index (κ1) is 23.3. The number of pyridine rings is 1. The van der Waals surface area contributed by atoms with Crippen molar-refractivity contribution in [1.82, 2.24) is 9.88 Å². The number of carbonyl (C=O) groups is 1. The van der Waals surface area contributed by atoms with Gasteiger partial charge in [-0.15, -0.1) is 0 Å². The maximum Gasteiger partial charge on any atom is 0.245 e. The number of rotatable bonds is 5. The SMILES string of the molecule is CS(=O)(=O)c1ccc(NC2CCN(C3CCN(c4ncc(Cl)cc4C#N)CC3)C2=O)c(F)c1. The summed E-state index contributed by atoms with van der Waals surface area (Å²) in [4.78, 5) is 21.1. The largest absolute Gasteiger partial charge is 0.371 e. The molecule has 1 aromatic heterocycles. The summed E-state index contributed by atoms with van der Waals surface area (Å²) in [5, 5.41) is 12.7. The molecule has 174 valence electrons. The van der Waals surface area contributed by atoms with Crippen molar-refractivity contribution in [3.05, 3.63) is 46.9 Å². The van der Waals surface area contributed by atoms with Crippen molar-refractivity contribution in [2.24, 2.45) is 0 Å². The lowest BCUT2D eigenvalue weighted by Gasteiger charge is -2.37. The zero-order chi connectivity index (χ0) is 23.8. The second-order valence-corrected chi connectivity index (χ2v) is 10.7. The lowest BCUT2D eigenvalue weighted by atomic mass is 10.0. The third-order valence-electron chi connectivity index (χ3n) is 6.10. The van der Waals surface area contributed by atoms with Crippen LogP contribution in [0.15, 0.2) is 35.4 Å². The van der Waals surface area contributed by atoms with Crippen molar-refractivity contribution in [3.63, 3.8) is 0 Å². The topological polar surface area (TPSA) is 106 Å². The van der Waals surface area contributed by atoms with Crippen LogP contribution in [-0.4, -0.2) is 62.2 Å². The Kier molecular flexibility index (Phi) is 6.45. The van der Waals surface area contributed by atoms with Crippen LogP contribution in [0.2, 0.25) is 5.02 Å². The van der Waals surface area contributed by atoms with E-state index in [4.69, 9.17) is 11.6 Å². The van der Waals surface area contributed by atoms with Crippen molar-refractivity contribution in [2.45, 2.75) is 36.2 Å². The van der Waals surface area contributed by atoms with E-state index in [1.54, 1.807) is 6.07 Å². The predicted molar refractivity (Wildman–Crippen MR) is 122 cm³/mol. The fraction of sp³-hybridized carbons (Fsp3) is 0.409. The number of nitriles is 1. The molecule has 4 rings (SSSR count). The minimum absolute atomic E-state index is 0.0517. The van der Waals surface area contributed by atoms with Gasteiger partial charge in [-0.05, 0) is 43.5 Å². The van der Waals surface area contributed by atoms with Gasteiger partial charge in [-0.25, -0.2) is 17.8 Å². The van der Waals surface area contributed by atoms with E-state index in [-0.39, 0.29) is 22.5 Å². The maximum absolute atomic E-state index is 14.4. The van der Waals surface area contributed by atoms with Crippen molar-refractivity contribution < 1.29 is 17.6 Å². The second kappa shape index (κ2) is 9.15. The van der Waals surface area contributed by atoms with Crippen LogP contribution in [0.1, 0.15) is 24.8 Å². The van der Waals surface area contributed by atoms with E-state index in [1.165, 1.54) is 18.3 Å². The Bertz CT molecular complexity index is 1230. The summed E-state index contributed by atoms with van der Waals surface area (Å²) >= 11 is 5.94. The number of sulfone groups is 1. The molecule has 3 heterocycles. The molecule has 0 bridgehead atoms. The zero-order valence-electron chi connectivity index (χ0n) is 18.0. The highest BCUT2D eigenvalue weighted by Gasteiger charge is 2.37. The molecule has 2 aliphatic rings. The molecule has 1 aromatic carbocycles. The molecule has 0 spiro atoms. The van der Waals surface area contributed by atoms with E-state index in [2.05, 4.69) is 16.4 Å². The lowest BCUT2D eigenvalue weighted by Crippen LogP contribution is -2.47. The van der Waals surface area contributed by atoms with Gasteiger partial charge < -0.3 is 15.1 Å². The average molecular weight is 492 g/mol. The molecule has 2 fully saturated rings. The minimum Gasteiger partial charge on any atom is -0.371 e. The summed E-state index contributed by atoms with van der Waals surface area (Å²) in [6.07, 6.45) is 4.52.